The molecule has 0 fully saturated rings. The molecule has 1 atom stereocenters. The maximum atomic E-state index is 12.1. The molecule has 0 unspecified atom stereocenters. The molecule has 0 aliphatic heterocycles. The van der Waals surface area contributed by atoms with E-state index in [0.717, 1.165) is 19.3 Å². The molecule has 8 heteroatoms. The highest BCUT2D eigenvalue weighted by Gasteiger charge is 2.36. The summed E-state index contributed by atoms with van der Waals surface area (Å²) >= 11 is 0. The highest BCUT2D eigenvalue weighted by Crippen LogP contribution is 2.22. The number of ether oxygens (including phenoxy) is 1. The van der Waals surface area contributed by atoms with Crippen LogP contribution in [0.5, 0.6) is 0 Å². The number of aliphatic hydroxyl groups is 1. The topological polar surface area (TPSA) is 116 Å². The molecule has 8 nitrogen and oxygen atoms in total. The second-order valence-electron chi connectivity index (χ2n) is 4.91. The van der Waals surface area contributed by atoms with Crippen LogP contribution < -0.4 is 5.73 Å². The Morgan fingerprint density at radius 2 is 2.19 bits per heavy atom. The second kappa shape index (κ2) is 6.04. The predicted molar refractivity (Wildman–Crippen MR) is 76.1 cm³/mol. The van der Waals surface area contributed by atoms with Gasteiger partial charge in [0.05, 0.1) is 6.61 Å². The summed E-state index contributed by atoms with van der Waals surface area (Å²) in [5.41, 5.74) is 4.38. The molecule has 2 aromatic heterocycles. The average Bonchev–Trinajstić information content (AvgIpc) is 2.89. The van der Waals surface area contributed by atoms with Crippen LogP contribution in [-0.2, 0) is 15.3 Å². The fourth-order valence-corrected chi connectivity index (χ4v) is 1.92. The van der Waals surface area contributed by atoms with E-state index in [-0.39, 0.29) is 18.1 Å². The first-order valence-corrected chi connectivity index (χ1v) is 6.82. The molecule has 0 saturated carbocycles. The van der Waals surface area contributed by atoms with Crippen LogP contribution in [0.1, 0.15) is 33.1 Å². The third-order valence-electron chi connectivity index (χ3n) is 3.20. The van der Waals surface area contributed by atoms with Crippen LogP contribution in [0.15, 0.2) is 12.7 Å². The summed E-state index contributed by atoms with van der Waals surface area (Å²) in [6, 6.07) is 0. The lowest BCUT2D eigenvalue weighted by Gasteiger charge is -2.22. The van der Waals surface area contributed by atoms with Gasteiger partial charge < -0.3 is 15.6 Å². The van der Waals surface area contributed by atoms with E-state index in [9.17, 15) is 9.90 Å². The van der Waals surface area contributed by atoms with E-state index in [1.807, 2.05) is 0 Å². The number of fused-ring (bicyclic) bond motifs is 1. The average molecular weight is 293 g/mol. The smallest absolute Gasteiger partial charge is 0.359 e. The molecule has 0 saturated heterocycles. The van der Waals surface area contributed by atoms with E-state index in [2.05, 4.69) is 21.9 Å². The summed E-state index contributed by atoms with van der Waals surface area (Å²) in [4.78, 5) is 23.9. The first-order chi connectivity index (χ1) is 9.98. The highest BCUT2D eigenvalue weighted by molar-refractivity contribution is 5.84. The van der Waals surface area contributed by atoms with Gasteiger partial charge in [-0.2, -0.15) is 0 Å². The van der Waals surface area contributed by atoms with Crippen molar-refractivity contribution in [3.05, 3.63) is 12.7 Å². The number of unbranched alkanes of at least 4 members (excludes halogenated alkanes) is 2. The van der Waals surface area contributed by atoms with Crippen LogP contribution in [-0.4, -0.2) is 37.2 Å². The van der Waals surface area contributed by atoms with Crippen LogP contribution >= 0.6 is 0 Å². The molecule has 0 aromatic carbocycles. The minimum atomic E-state index is -1.90. The van der Waals surface area contributed by atoms with Crippen molar-refractivity contribution in [3.8, 4) is 0 Å². The fraction of sp³-hybridized carbons (Fsp3) is 0.538. The summed E-state index contributed by atoms with van der Waals surface area (Å²) in [6.45, 7) is 3.65. The number of hydrogen-bond acceptors (Lipinski definition) is 7. The molecule has 2 heterocycles. The number of imidazole rings is 1. The fourth-order valence-electron chi connectivity index (χ4n) is 1.92. The molecule has 21 heavy (non-hydrogen) atoms. The molecule has 0 radical (unpaired) electrons. The second-order valence-corrected chi connectivity index (χ2v) is 4.91. The zero-order valence-corrected chi connectivity index (χ0v) is 12.1. The lowest BCUT2D eigenvalue weighted by Crippen LogP contribution is -2.40. The van der Waals surface area contributed by atoms with Gasteiger partial charge in [-0.05, 0) is 13.3 Å². The van der Waals surface area contributed by atoms with E-state index in [1.165, 1.54) is 24.1 Å². The highest BCUT2D eigenvalue weighted by atomic mass is 16.6. The summed E-state index contributed by atoms with van der Waals surface area (Å²) in [5.74, 6) is -0.569. The van der Waals surface area contributed by atoms with Crippen LogP contribution in [0, 0.1) is 0 Å². The quantitative estimate of drug-likeness (QED) is 0.598. The van der Waals surface area contributed by atoms with Crippen molar-refractivity contribution >= 4 is 23.0 Å². The third kappa shape index (κ3) is 2.94. The van der Waals surface area contributed by atoms with E-state index >= 15 is 0 Å². The maximum Gasteiger partial charge on any atom is 0.359 e. The molecule has 114 valence electrons. The van der Waals surface area contributed by atoms with Gasteiger partial charge in [0.25, 0.3) is 0 Å². The molecule has 0 aliphatic rings. The first-order valence-electron chi connectivity index (χ1n) is 6.82. The van der Waals surface area contributed by atoms with E-state index in [0.29, 0.717) is 5.52 Å². The predicted octanol–water partition coefficient (Wildman–Crippen LogP) is 0.807. The Kier molecular flexibility index (Phi) is 4.37. The molecule has 0 spiro atoms. The van der Waals surface area contributed by atoms with Crippen LogP contribution in [0.2, 0.25) is 0 Å². The van der Waals surface area contributed by atoms with Crippen molar-refractivity contribution in [2.24, 2.45) is 0 Å². The zero-order valence-electron chi connectivity index (χ0n) is 12.1. The van der Waals surface area contributed by atoms with Gasteiger partial charge in [-0.15, -0.1) is 0 Å². The van der Waals surface area contributed by atoms with Crippen LogP contribution in [0.3, 0.4) is 0 Å². The Labute approximate surface area is 122 Å². The number of esters is 1. The zero-order chi connectivity index (χ0) is 15.5. The van der Waals surface area contributed by atoms with E-state index in [4.69, 9.17) is 10.5 Å². The summed E-state index contributed by atoms with van der Waals surface area (Å²) in [6.07, 6.45) is 5.29. The number of carbonyl (C=O) groups is 1. The van der Waals surface area contributed by atoms with E-state index in [1.54, 1.807) is 0 Å². The van der Waals surface area contributed by atoms with Gasteiger partial charge in [0.1, 0.15) is 18.2 Å². The Balaban J connectivity index is 2.21. The molecule has 0 bridgehead atoms. The van der Waals surface area contributed by atoms with Gasteiger partial charge in [-0.3, -0.25) is 4.57 Å². The number of nitrogens with zero attached hydrogens (tertiary/aromatic N) is 4. The molecule has 2 rings (SSSR count). The van der Waals surface area contributed by atoms with Crippen molar-refractivity contribution < 1.29 is 14.6 Å². The number of nitrogen functional groups attached to an aromatic ring is 1. The molecule has 2 aromatic rings. The number of nitrogens with two attached hydrogens (primary N) is 1. The number of aromatic nitrogens is 4. The molecule has 0 amide bonds. The number of carbonyl (C=O) groups excluding carboxylic acids is 1. The lowest BCUT2D eigenvalue weighted by molar-refractivity contribution is -0.174. The van der Waals surface area contributed by atoms with Crippen molar-refractivity contribution in [2.75, 3.05) is 12.3 Å². The van der Waals surface area contributed by atoms with Gasteiger partial charge >= 0.3 is 5.97 Å². The SMILES string of the molecule is CCCCCOC(=O)[C@@](C)(O)n1cnc2c(N)ncnc21. The van der Waals surface area contributed by atoms with Gasteiger partial charge in [0.2, 0.25) is 5.72 Å². The Morgan fingerprint density at radius 1 is 1.43 bits per heavy atom. The van der Waals surface area contributed by atoms with Gasteiger partial charge in [0, 0.05) is 0 Å². The minimum absolute atomic E-state index is 0.186. The van der Waals surface area contributed by atoms with E-state index < -0.39 is 11.7 Å². The standard InChI is InChI=1S/C13H19N5O3/c1-3-4-5-6-21-12(19)13(2,20)18-8-17-9-10(14)15-7-16-11(9)18/h7-8,20H,3-6H2,1-2H3,(H2,14,15,16)/t13-/m1/s1. The third-order valence-corrected chi connectivity index (χ3v) is 3.20. The minimum Gasteiger partial charge on any atom is -0.462 e. The first kappa shape index (κ1) is 15.2. The Hall–Kier alpha value is -2.22. The summed E-state index contributed by atoms with van der Waals surface area (Å²) in [5, 5.41) is 10.4. The molecule has 3 N–H and O–H groups in total. The molecule has 0 aliphatic carbocycles. The monoisotopic (exact) mass is 293 g/mol. The van der Waals surface area contributed by atoms with Gasteiger partial charge in [0.15, 0.2) is 11.5 Å². The van der Waals surface area contributed by atoms with Crippen molar-refractivity contribution in [3.63, 3.8) is 0 Å². The summed E-state index contributed by atoms with van der Waals surface area (Å²) < 4.78 is 6.32. The lowest BCUT2D eigenvalue weighted by atomic mass is 10.2. The Morgan fingerprint density at radius 3 is 2.90 bits per heavy atom. The number of anilines is 1. The van der Waals surface area contributed by atoms with Gasteiger partial charge in [-0.1, -0.05) is 19.8 Å². The molecular weight excluding hydrogens is 274 g/mol. The molecular formula is C13H19N5O3. The van der Waals surface area contributed by atoms with Crippen molar-refractivity contribution in [1.82, 2.24) is 19.5 Å². The van der Waals surface area contributed by atoms with Crippen molar-refractivity contribution in [2.45, 2.75) is 38.8 Å². The van der Waals surface area contributed by atoms with Crippen LogP contribution in [0.4, 0.5) is 5.82 Å². The maximum absolute atomic E-state index is 12.1. The number of hydrogen-bond donors (Lipinski definition) is 2. The Bertz CT molecular complexity index is 638. The summed E-state index contributed by atoms with van der Waals surface area (Å²) in [7, 11) is 0. The van der Waals surface area contributed by atoms with Gasteiger partial charge in [-0.25, -0.2) is 19.7 Å². The normalized spacial score (nSPS) is 14.0. The largest absolute Gasteiger partial charge is 0.462 e. The number of rotatable bonds is 6. The van der Waals surface area contributed by atoms with Crippen LogP contribution in [0.25, 0.3) is 11.2 Å². The van der Waals surface area contributed by atoms with Crippen molar-refractivity contribution in [1.29, 1.82) is 0 Å².